The van der Waals surface area contributed by atoms with Crippen molar-refractivity contribution >= 4 is 5.97 Å². The summed E-state index contributed by atoms with van der Waals surface area (Å²) in [5, 5.41) is 8.78. The van der Waals surface area contributed by atoms with Gasteiger partial charge in [0.2, 0.25) is 0 Å². The maximum atomic E-state index is 10.7. The summed E-state index contributed by atoms with van der Waals surface area (Å²) in [6, 6.07) is 5.96. The fraction of sp³-hybridized carbons (Fsp3) is 0.409. The van der Waals surface area contributed by atoms with Gasteiger partial charge < -0.3 is 9.84 Å². The molecule has 3 heteroatoms. The Kier molecular flexibility index (Phi) is 7.52. The number of allylic oxidation sites excluding steroid dienone is 4. The topological polar surface area (TPSA) is 46.5 Å². The van der Waals surface area contributed by atoms with Crippen molar-refractivity contribution in [2.45, 2.75) is 51.9 Å². The van der Waals surface area contributed by atoms with Crippen LogP contribution in [0.3, 0.4) is 0 Å². The van der Waals surface area contributed by atoms with E-state index in [1.807, 2.05) is 37.3 Å². The minimum atomic E-state index is -0.762. The van der Waals surface area contributed by atoms with Gasteiger partial charge in [0.15, 0.2) is 0 Å². The highest BCUT2D eigenvalue weighted by molar-refractivity contribution is 5.67. The Morgan fingerprint density at radius 1 is 1.28 bits per heavy atom. The van der Waals surface area contributed by atoms with Crippen LogP contribution in [0.1, 0.15) is 49.7 Å². The highest BCUT2D eigenvalue weighted by Gasteiger charge is 2.15. The molecule has 25 heavy (non-hydrogen) atoms. The molecular formula is C22H28O3. The average Bonchev–Trinajstić information content (AvgIpc) is 3.03. The van der Waals surface area contributed by atoms with Crippen LogP contribution >= 0.6 is 0 Å². The molecule has 1 N–H and O–H groups in total. The molecule has 0 heterocycles. The van der Waals surface area contributed by atoms with Crippen LogP contribution in [0.15, 0.2) is 54.2 Å². The molecule has 2 rings (SSSR count). The second-order valence-corrected chi connectivity index (χ2v) is 6.55. The zero-order valence-electron chi connectivity index (χ0n) is 15.1. The number of carbonyl (C=O) groups is 1. The van der Waals surface area contributed by atoms with Gasteiger partial charge in [-0.15, -0.1) is 0 Å². The van der Waals surface area contributed by atoms with Gasteiger partial charge in [0.1, 0.15) is 12.4 Å². The number of rotatable bonds is 10. The minimum absolute atomic E-state index is 0.163. The Labute approximate surface area is 150 Å². The number of ether oxygens (including phenoxy) is 1. The average molecular weight is 340 g/mol. The molecule has 0 saturated heterocycles. The monoisotopic (exact) mass is 340 g/mol. The first kappa shape index (κ1) is 19.0. The van der Waals surface area contributed by atoms with Gasteiger partial charge in [-0.2, -0.15) is 0 Å². The van der Waals surface area contributed by atoms with E-state index in [1.54, 1.807) is 5.57 Å². The fourth-order valence-corrected chi connectivity index (χ4v) is 3.24. The van der Waals surface area contributed by atoms with Gasteiger partial charge in [-0.25, -0.2) is 0 Å². The second kappa shape index (κ2) is 9.87. The molecule has 0 atom stereocenters. The van der Waals surface area contributed by atoms with Gasteiger partial charge >= 0.3 is 5.97 Å². The number of carboxylic acid groups (broad SMARTS) is 1. The van der Waals surface area contributed by atoms with Gasteiger partial charge in [-0.05, 0) is 68.2 Å². The lowest BCUT2D eigenvalue weighted by atomic mass is 10.1. The highest BCUT2D eigenvalue weighted by Crippen LogP contribution is 2.30. The van der Waals surface area contributed by atoms with Crippen molar-refractivity contribution in [1.82, 2.24) is 0 Å². The zero-order valence-corrected chi connectivity index (χ0v) is 15.1. The molecule has 0 bridgehead atoms. The number of carboxylic acids is 1. The molecule has 0 aliphatic heterocycles. The molecule has 0 radical (unpaired) electrons. The SMILES string of the molecule is C=C/C=C\CCC1=C(COc2ccc(CCC(=O)O)cc2C)CCC1. The standard InChI is InChI=1S/C22H28O3/c1-3-4-5-6-8-19-9-7-10-20(19)16-25-21-13-11-18(15-17(21)2)12-14-22(23)24/h3-5,11,13,15H,1,6-10,12,14,16H2,2H3,(H,23,24)/b5-4-. The molecule has 1 aromatic rings. The molecule has 0 spiro atoms. The normalized spacial score (nSPS) is 14.3. The van der Waals surface area contributed by atoms with E-state index in [0.717, 1.165) is 36.1 Å². The van der Waals surface area contributed by atoms with Crippen LogP contribution in [0, 0.1) is 6.92 Å². The van der Waals surface area contributed by atoms with Gasteiger partial charge in [-0.1, -0.05) is 42.5 Å². The summed E-state index contributed by atoms with van der Waals surface area (Å²) in [5.41, 5.74) is 5.10. The van der Waals surface area contributed by atoms with Gasteiger partial charge in [-0.3, -0.25) is 4.79 Å². The summed E-state index contributed by atoms with van der Waals surface area (Å²) in [4.78, 5) is 10.7. The van der Waals surface area contributed by atoms with Crippen LogP contribution in [0.4, 0.5) is 0 Å². The van der Waals surface area contributed by atoms with Crippen molar-refractivity contribution in [3.05, 3.63) is 65.3 Å². The first-order valence-corrected chi connectivity index (χ1v) is 9.01. The number of benzene rings is 1. The lowest BCUT2D eigenvalue weighted by molar-refractivity contribution is -0.136. The number of hydrogen-bond donors (Lipinski definition) is 1. The van der Waals surface area contributed by atoms with E-state index in [-0.39, 0.29) is 6.42 Å². The third-order valence-electron chi connectivity index (χ3n) is 4.61. The Morgan fingerprint density at radius 2 is 2.08 bits per heavy atom. The summed E-state index contributed by atoms with van der Waals surface area (Å²) in [5.74, 6) is 0.131. The van der Waals surface area contributed by atoms with E-state index < -0.39 is 5.97 Å². The van der Waals surface area contributed by atoms with E-state index in [1.165, 1.54) is 18.4 Å². The molecule has 1 aliphatic rings. The Bertz CT molecular complexity index is 668. The zero-order chi connectivity index (χ0) is 18.1. The first-order chi connectivity index (χ1) is 12.1. The summed E-state index contributed by atoms with van der Waals surface area (Å²) in [7, 11) is 0. The quantitative estimate of drug-likeness (QED) is 0.458. The van der Waals surface area contributed by atoms with Crippen LogP contribution in [-0.2, 0) is 11.2 Å². The van der Waals surface area contributed by atoms with Crippen molar-refractivity contribution in [2.24, 2.45) is 0 Å². The van der Waals surface area contributed by atoms with E-state index in [0.29, 0.717) is 13.0 Å². The van der Waals surface area contributed by atoms with Crippen LogP contribution in [0.25, 0.3) is 0 Å². The van der Waals surface area contributed by atoms with E-state index in [9.17, 15) is 4.79 Å². The first-order valence-electron chi connectivity index (χ1n) is 9.01. The number of aryl methyl sites for hydroxylation is 2. The highest BCUT2D eigenvalue weighted by atomic mass is 16.5. The maximum absolute atomic E-state index is 10.7. The Balaban J connectivity index is 1.92. The van der Waals surface area contributed by atoms with Gasteiger partial charge in [0, 0.05) is 6.42 Å². The summed E-state index contributed by atoms with van der Waals surface area (Å²) < 4.78 is 6.05. The molecule has 0 amide bonds. The minimum Gasteiger partial charge on any atom is -0.489 e. The van der Waals surface area contributed by atoms with Crippen molar-refractivity contribution in [3.8, 4) is 5.75 Å². The van der Waals surface area contributed by atoms with Crippen molar-refractivity contribution in [1.29, 1.82) is 0 Å². The van der Waals surface area contributed by atoms with Crippen molar-refractivity contribution < 1.29 is 14.6 Å². The molecule has 0 unspecified atom stereocenters. The Morgan fingerprint density at radius 3 is 2.80 bits per heavy atom. The van der Waals surface area contributed by atoms with E-state index >= 15 is 0 Å². The van der Waals surface area contributed by atoms with Crippen LogP contribution in [0.5, 0.6) is 5.75 Å². The molecule has 1 aromatic carbocycles. The Hall–Kier alpha value is -2.29. The summed E-state index contributed by atoms with van der Waals surface area (Å²) in [6.45, 7) is 6.37. The predicted octanol–water partition coefficient (Wildman–Crippen LogP) is 5.39. The lowest BCUT2D eigenvalue weighted by Crippen LogP contribution is -2.03. The van der Waals surface area contributed by atoms with Crippen LogP contribution in [0.2, 0.25) is 0 Å². The summed E-state index contributed by atoms with van der Waals surface area (Å²) in [6.07, 6.45) is 12.4. The molecule has 0 saturated carbocycles. The molecule has 0 aromatic heterocycles. The van der Waals surface area contributed by atoms with Gasteiger partial charge in [0.05, 0.1) is 0 Å². The molecule has 3 nitrogen and oxygen atoms in total. The summed E-state index contributed by atoms with van der Waals surface area (Å²) >= 11 is 0. The predicted molar refractivity (Wildman–Crippen MR) is 102 cm³/mol. The molecule has 0 fully saturated rings. The van der Waals surface area contributed by atoms with Crippen molar-refractivity contribution in [3.63, 3.8) is 0 Å². The third kappa shape index (κ3) is 6.26. The maximum Gasteiger partial charge on any atom is 0.303 e. The van der Waals surface area contributed by atoms with Crippen LogP contribution in [-0.4, -0.2) is 17.7 Å². The van der Waals surface area contributed by atoms with Gasteiger partial charge in [0.25, 0.3) is 0 Å². The third-order valence-corrected chi connectivity index (χ3v) is 4.61. The lowest BCUT2D eigenvalue weighted by Gasteiger charge is -2.12. The largest absolute Gasteiger partial charge is 0.489 e. The molecular weight excluding hydrogens is 312 g/mol. The smallest absolute Gasteiger partial charge is 0.303 e. The number of hydrogen-bond acceptors (Lipinski definition) is 2. The fourth-order valence-electron chi connectivity index (χ4n) is 3.24. The van der Waals surface area contributed by atoms with Crippen LogP contribution < -0.4 is 4.74 Å². The van der Waals surface area contributed by atoms with Crippen molar-refractivity contribution in [2.75, 3.05) is 6.61 Å². The second-order valence-electron chi connectivity index (χ2n) is 6.55. The number of aliphatic carboxylic acids is 1. The van der Waals surface area contributed by atoms with E-state index in [4.69, 9.17) is 9.84 Å². The molecule has 1 aliphatic carbocycles. The van der Waals surface area contributed by atoms with E-state index in [2.05, 4.69) is 12.7 Å². The molecule has 134 valence electrons.